The Labute approximate surface area is 135 Å². The Morgan fingerprint density at radius 2 is 2.14 bits per heavy atom. The summed E-state index contributed by atoms with van der Waals surface area (Å²) in [6.07, 6.45) is 0. The molecule has 2 N–H and O–H groups in total. The minimum atomic E-state index is -1.41. The van der Waals surface area contributed by atoms with Crippen LogP contribution in [0.15, 0.2) is 22.7 Å². The van der Waals surface area contributed by atoms with Gasteiger partial charge in [0.2, 0.25) is 5.91 Å². The number of anilines is 1. The third-order valence-electron chi connectivity index (χ3n) is 3.15. The summed E-state index contributed by atoms with van der Waals surface area (Å²) >= 11 is 3.30. The standard InChI is InChI=1S/C14H15BrN2O5/c1-14(2,13(20)21)16-11(18)6-17-9-4-3-8(15)5-10(9)22-7-12(17)19/h3-5H,6-7H2,1-2H3,(H,16,18)(H,20,21). The number of ether oxygens (including phenoxy) is 1. The quantitative estimate of drug-likeness (QED) is 0.828. The molecule has 118 valence electrons. The second-order valence-electron chi connectivity index (χ2n) is 5.36. The molecule has 0 radical (unpaired) electrons. The highest BCUT2D eigenvalue weighted by molar-refractivity contribution is 9.10. The molecular formula is C14H15BrN2O5. The maximum absolute atomic E-state index is 12.0. The van der Waals surface area contributed by atoms with E-state index in [2.05, 4.69) is 21.2 Å². The van der Waals surface area contributed by atoms with E-state index < -0.39 is 17.4 Å². The monoisotopic (exact) mass is 370 g/mol. The van der Waals surface area contributed by atoms with Crippen molar-refractivity contribution in [3.05, 3.63) is 22.7 Å². The topological polar surface area (TPSA) is 95.9 Å². The largest absolute Gasteiger partial charge is 0.482 e. The molecule has 0 saturated carbocycles. The van der Waals surface area contributed by atoms with E-state index >= 15 is 0 Å². The number of hydrogen-bond acceptors (Lipinski definition) is 4. The number of halogens is 1. The number of carbonyl (C=O) groups excluding carboxylic acids is 2. The van der Waals surface area contributed by atoms with E-state index in [0.717, 1.165) is 4.47 Å². The number of hydrogen-bond donors (Lipinski definition) is 2. The number of carboxylic acid groups (broad SMARTS) is 1. The molecule has 22 heavy (non-hydrogen) atoms. The van der Waals surface area contributed by atoms with Crippen LogP contribution in [0.4, 0.5) is 5.69 Å². The van der Waals surface area contributed by atoms with Crippen LogP contribution < -0.4 is 15.0 Å². The number of benzene rings is 1. The van der Waals surface area contributed by atoms with Gasteiger partial charge in [-0.25, -0.2) is 4.79 Å². The third-order valence-corrected chi connectivity index (χ3v) is 3.65. The van der Waals surface area contributed by atoms with E-state index in [4.69, 9.17) is 9.84 Å². The van der Waals surface area contributed by atoms with Gasteiger partial charge in [-0.15, -0.1) is 0 Å². The van der Waals surface area contributed by atoms with Crippen LogP contribution in [-0.2, 0) is 14.4 Å². The number of nitrogens with zero attached hydrogens (tertiary/aromatic N) is 1. The minimum absolute atomic E-state index is 0.168. The molecule has 0 atom stereocenters. The average molecular weight is 371 g/mol. The summed E-state index contributed by atoms with van der Waals surface area (Å²) in [5, 5.41) is 11.4. The van der Waals surface area contributed by atoms with Crippen LogP contribution in [0.2, 0.25) is 0 Å². The van der Waals surface area contributed by atoms with Gasteiger partial charge in [-0.05, 0) is 32.0 Å². The van der Waals surface area contributed by atoms with E-state index in [1.54, 1.807) is 18.2 Å². The van der Waals surface area contributed by atoms with Gasteiger partial charge < -0.3 is 15.2 Å². The number of carbonyl (C=O) groups is 3. The number of fused-ring (bicyclic) bond motifs is 1. The van der Waals surface area contributed by atoms with Crippen LogP contribution in [-0.4, -0.2) is 41.6 Å². The van der Waals surface area contributed by atoms with Gasteiger partial charge >= 0.3 is 5.97 Å². The predicted molar refractivity (Wildman–Crippen MR) is 81.8 cm³/mol. The number of aliphatic carboxylic acids is 1. The van der Waals surface area contributed by atoms with Gasteiger partial charge in [-0.1, -0.05) is 15.9 Å². The van der Waals surface area contributed by atoms with Gasteiger partial charge in [0.1, 0.15) is 17.8 Å². The normalized spacial score (nSPS) is 14.1. The zero-order chi connectivity index (χ0) is 16.5. The van der Waals surface area contributed by atoms with Crippen molar-refractivity contribution in [3.63, 3.8) is 0 Å². The Kier molecular flexibility index (Phi) is 4.41. The zero-order valence-corrected chi connectivity index (χ0v) is 13.6. The molecule has 0 fully saturated rings. The maximum atomic E-state index is 12.0. The fourth-order valence-corrected chi connectivity index (χ4v) is 2.28. The van der Waals surface area contributed by atoms with E-state index in [1.165, 1.54) is 18.7 Å². The lowest BCUT2D eigenvalue weighted by Crippen LogP contribution is -2.54. The Hall–Kier alpha value is -2.09. The number of rotatable bonds is 4. The van der Waals surface area contributed by atoms with Gasteiger partial charge in [0.05, 0.1) is 5.69 Å². The van der Waals surface area contributed by atoms with Crippen LogP contribution >= 0.6 is 15.9 Å². The zero-order valence-electron chi connectivity index (χ0n) is 12.1. The Balaban J connectivity index is 2.18. The van der Waals surface area contributed by atoms with Crippen LogP contribution in [0.25, 0.3) is 0 Å². The Morgan fingerprint density at radius 1 is 1.45 bits per heavy atom. The lowest BCUT2D eigenvalue weighted by atomic mass is 10.1. The molecule has 0 saturated heterocycles. The first-order valence-electron chi connectivity index (χ1n) is 6.48. The van der Waals surface area contributed by atoms with Crippen molar-refractivity contribution in [3.8, 4) is 5.75 Å². The van der Waals surface area contributed by atoms with Gasteiger partial charge in [0, 0.05) is 4.47 Å². The molecule has 1 heterocycles. The molecule has 1 aliphatic rings. The van der Waals surface area contributed by atoms with Gasteiger partial charge in [0.15, 0.2) is 6.61 Å². The van der Waals surface area contributed by atoms with Crippen molar-refractivity contribution in [2.24, 2.45) is 0 Å². The molecule has 1 aromatic carbocycles. The van der Waals surface area contributed by atoms with Gasteiger partial charge in [-0.3, -0.25) is 14.5 Å². The van der Waals surface area contributed by atoms with Gasteiger partial charge in [-0.2, -0.15) is 0 Å². The molecule has 7 nitrogen and oxygen atoms in total. The Morgan fingerprint density at radius 3 is 2.77 bits per heavy atom. The first kappa shape index (κ1) is 16.3. The summed E-state index contributed by atoms with van der Waals surface area (Å²) in [5.74, 6) is -1.59. The number of amides is 2. The first-order chi connectivity index (χ1) is 10.2. The fraction of sp³-hybridized carbons (Fsp3) is 0.357. The highest BCUT2D eigenvalue weighted by Crippen LogP contribution is 2.34. The number of nitrogens with one attached hydrogen (secondary N) is 1. The second-order valence-corrected chi connectivity index (χ2v) is 6.27. The molecule has 2 rings (SSSR count). The minimum Gasteiger partial charge on any atom is -0.482 e. The van der Waals surface area contributed by atoms with E-state index in [1.807, 2.05) is 0 Å². The van der Waals surface area contributed by atoms with Crippen LogP contribution in [0.1, 0.15) is 13.8 Å². The third kappa shape index (κ3) is 3.38. The molecule has 0 aromatic heterocycles. The maximum Gasteiger partial charge on any atom is 0.328 e. The summed E-state index contributed by atoms with van der Waals surface area (Å²) in [5.41, 5.74) is -0.933. The average Bonchev–Trinajstić information content (AvgIpc) is 2.41. The lowest BCUT2D eigenvalue weighted by molar-refractivity contribution is -0.145. The molecule has 2 amide bonds. The second kappa shape index (κ2) is 5.96. The lowest BCUT2D eigenvalue weighted by Gasteiger charge is -2.30. The predicted octanol–water partition coefficient (Wildman–Crippen LogP) is 1.15. The van der Waals surface area contributed by atoms with E-state index in [-0.39, 0.29) is 19.1 Å². The summed E-state index contributed by atoms with van der Waals surface area (Å²) in [6, 6.07) is 5.09. The van der Waals surface area contributed by atoms with Crippen molar-refractivity contribution in [1.82, 2.24) is 5.32 Å². The smallest absolute Gasteiger partial charge is 0.328 e. The molecular weight excluding hydrogens is 356 g/mol. The van der Waals surface area contributed by atoms with Crippen molar-refractivity contribution >= 4 is 39.4 Å². The highest BCUT2D eigenvalue weighted by Gasteiger charge is 2.32. The van der Waals surface area contributed by atoms with Crippen LogP contribution in [0, 0.1) is 0 Å². The molecule has 0 aliphatic carbocycles. The summed E-state index contributed by atoms with van der Waals surface area (Å²) in [4.78, 5) is 36.3. The molecule has 1 aromatic rings. The summed E-state index contributed by atoms with van der Waals surface area (Å²) < 4.78 is 6.11. The van der Waals surface area contributed by atoms with Crippen molar-refractivity contribution < 1.29 is 24.2 Å². The number of carboxylic acids is 1. The van der Waals surface area contributed by atoms with Crippen LogP contribution in [0.3, 0.4) is 0 Å². The Bertz CT molecular complexity index is 644. The fourth-order valence-electron chi connectivity index (χ4n) is 1.94. The van der Waals surface area contributed by atoms with E-state index in [0.29, 0.717) is 11.4 Å². The molecule has 1 aliphatic heterocycles. The summed E-state index contributed by atoms with van der Waals surface area (Å²) in [6.45, 7) is 2.31. The van der Waals surface area contributed by atoms with Crippen molar-refractivity contribution in [2.45, 2.75) is 19.4 Å². The van der Waals surface area contributed by atoms with Crippen LogP contribution in [0.5, 0.6) is 5.75 Å². The molecule has 8 heteroatoms. The van der Waals surface area contributed by atoms with Crippen molar-refractivity contribution in [1.29, 1.82) is 0 Å². The molecule has 0 spiro atoms. The van der Waals surface area contributed by atoms with Gasteiger partial charge in [0.25, 0.3) is 5.91 Å². The SMILES string of the molecule is CC(C)(NC(=O)CN1C(=O)COc2cc(Br)ccc21)C(=O)O. The first-order valence-corrected chi connectivity index (χ1v) is 7.27. The van der Waals surface area contributed by atoms with E-state index in [9.17, 15) is 14.4 Å². The molecule has 0 unspecified atom stereocenters. The highest BCUT2D eigenvalue weighted by atomic mass is 79.9. The molecule has 0 bridgehead atoms. The summed E-state index contributed by atoms with van der Waals surface area (Å²) in [7, 11) is 0. The van der Waals surface area contributed by atoms with Crippen molar-refractivity contribution in [2.75, 3.05) is 18.1 Å².